The highest BCUT2D eigenvalue weighted by molar-refractivity contribution is 5.43. The van der Waals surface area contributed by atoms with Crippen LogP contribution in [0, 0.1) is 6.92 Å². The maximum absolute atomic E-state index is 8.36. The standard InChI is InChI=1S/C15H26N4.2CH2O2/c1-4-7-14-11-16-13(3)18-15(14)17-10-12(2)19-8-5-6-9-19;2*2-1-3/h11-12H,4-10H2,1-3H3,(H,16,17,18);2*1H,(H,2,3). The molecule has 2 heterocycles. The van der Waals surface area contributed by atoms with Gasteiger partial charge >= 0.3 is 0 Å². The van der Waals surface area contributed by atoms with Gasteiger partial charge in [-0.2, -0.15) is 0 Å². The summed E-state index contributed by atoms with van der Waals surface area (Å²) in [6.07, 6.45) is 6.83. The van der Waals surface area contributed by atoms with Crippen molar-refractivity contribution in [3.8, 4) is 0 Å². The van der Waals surface area contributed by atoms with Gasteiger partial charge in [0, 0.05) is 24.3 Å². The molecule has 2 rings (SSSR count). The zero-order valence-electron chi connectivity index (χ0n) is 15.3. The van der Waals surface area contributed by atoms with Crippen molar-refractivity contribution < 1.29 is 19.8 Å². The van der Waals surface area contributed by atoms with Gasteiger partial charge in [-0.3, -0.25) is 14.5 Å². The average molecular weight is 354 g/mol. The van der Waals surface area contributed by atoms with Crippen LogP contribution in [0.1, 0.15) is 44.5 Å². The number of hydrogen-bond donors (Lipinski definition) is 3. The third kappa shape index (κ3) is 9.61. The topological polar surface area (TPSA) is 116 Å². The van der Waals surface area contributed by atoms with Crippen LogP contribution in [-0.4, -0.2) is 63.7 Å². The lowest BCUT2D eigenvalue weighted by Gasteiger charge is -2.24. The molecule has 25 heavy (non-hydrogen) atoms. The zero-order chi connectivity index (χ0) is 19.1. The van der Waals surface area contributed by atoms with Crippen LogP contribution in [0.15, 0.2) is 6.20 Å². The maximum Gasteiger partial charge on any atom is 0.290 e. The first-order valence-corrected chi connectivity index (χ1v) is 8.50. The quantitative estimate of drug-likeness (QED) is 0.665. The van der Waals surface area contributed by atoms with Crippen LogP contribution in [0.4, 0.5) is 5.82 Å². The molecule has 1 unspecified atom stereocenters. The molecule has 0 radical (unpaired) electrons. The van der Waals surface area contributed by atoms with Crippen molar-refractivity contribution in [1.82, 2.24) is 14.9 Å². The number of carboxylic acid groups (broad SMARTS) is 2. The number of carbonyl (C=O) groups is 2. The van der Waals surface area contributed by atoms with E-state index in [4.69, 9.17) is 19.8 Å². The Labute approximate surface area is 149 Å². The number of aromatic nitrogens is 2. The van der Waals surface area contributed by atoms with Crippen LogP contribution in [-0.2, 0) is 16.0 Å². The molecule has 1 aromatic rings. The number of hydrogen-bond acceptors (Lipinski definition) is 6. The molecule has 1 atom stereocenters. The first-order valence-electron chi connectivity index (χ1n) is 8.50. The minimum Gasteiger partial charge on any atom is -0.483 e. The Morgan fingerprint density at radius 2 is 1.84 bits per heavy atom. The van der Waals surface area contributed by atoms with E-state index in [1.807, 2.05) is 13.1 Å². The van der Waals surface area contributed by atoms with Gasteiger partial charge < -0.3 is 15.5 Å². The third-order valence-electron chi connectivity index (χ3n) is 3.83. The Kier molecular flexibility index (Phi) is 12.9. The van der Waals surface area contributed by atoms with E-state index in [1.165, 1.54) is 31.5 Å². The van der Waals surface area contributed by atoms with Crippen LogP contribution in [0.2, 0.25) is 0 Å². The van der Waals surface area contributed by atoms with Crippen molar-refractivity contribution in [3.05, 3.63) is 17.6 Å². The van der Waals surface area contributed by atoms with Gasteiger partial charge in [0.1, 0.15) is 11.6 Å². The predicted octanol–water partition coefficient (Wildman–Crippen LogP) is 2.04. The lowest BCUT2D eigenvalue weighted by atomic mass is 10.2. The third-order valence-corrected chi connectivity index (χ3v) is 3.83. The highest BCUT2D eigenvalue weighted by atomic mass is 16.3. The summed E-state index contributed by atoms with van der Waals surface area (Å²) in [5.74, 6) is 1.87. The Morgan fingerprint density at radius 3 is 2.36 bits per heavy atom. The molecule has 0 amide bonds. The monoisotopic (exact) mass is 354 g/mol. The molecule has 0 aromatic carbocycles. The number of likely N-dealkylation sites (tertiary alicyclic amines) is 1. The second-order valence-electron chi connectivity index (χ2n) is 5.72. The van der Waals surface area contributed by atoms with Gasteiger partial charge in [0.25, 0.3) is 12.9 Å². The van der Waals surface area contributed by atoms with Gasteiger partial charge in [-0.15, -0.1) is 0 Å². The zero-order valence-corrected chi connectivity index (χ0v) is 15.3. The molecule has 142 valence electrons. The summed E-state index contributed by atoms with van der Waals surface area (Å²) in [5.41, 5.74) is 1.24. The number of aryl methyl sites for hydroxylation is 2. The fourth-order valence-electron chi connectivity index (χ4n) is 2.66. The molecular formula is C17H30N4O4. The van der Waals surface area contributed by atoms with E-state index in [9.17, 15) is 0 Å². The smallest absolute Gasteiger partial charge is 0.290 e. The Balaban J connectivity index is 0.000000844. The highest BCUT2D eigenvalue weighted by Crippen LogP contribution is 2.16. The van der Waals surface area contributed by atoms with E-state index >= 15 is 0 Å². The van der Waals surface area contributed by atoms with E-state index in [-0.39, 0.29) is 12.9 Å². The van der Waals surface area contributed by atoms with E-state index in [0.29, 0.717) is 6.04 Å². The van der Waals surface area contributed by atoms with Crippen LogP contribution in [0.25, 0.3) is 0 Å². The van der Waals surface area contributed by atoms with Gasteiger partial charge in [-0.1, -0.05) is 13.3 Å². The Morgan fingerprint density at radius 1 is 1.28 bits per heavy atom. The van der Waals surface area contributed by atoms with Gasteiger partial charge in [0.05, 0.1) is 0 Å². The summed E-state index contributed by atoms with van der Waals surface area (Å²) < 4.78 is 0. The number of nitrogens with zero attached hydrogens (tertiary/aromatic N) is 3. The first kappa shape index (κ1) is 22.8. The van der Waals surface area contributed by atoms with Crippen molar-refractivity contribution in [3.63, 3.8) is 0 Å². The molecule has 3 N–H and O–H groups in total. The highest BCUT2D eigenvalue weighted by Gasteiger charge is 2.18. The molecule has 1 fully saturated rings. The van der Waals surface area contributed by atoms with E-state index in [2.05, 4.69) is 34.0 Å². The Hall–Kier alpha value is -2.22. The number of anilines is 1. The van der Waals surface area contributed by atoms with Gasteiger partial charge in [0.2, 0.25) is 0 Å². The second kappa shape index (κ2) is 14.2. The number of nitrogens with one attached hydrogen (secondary N) is 1. The molecule has 1 aliphatic heterocycles. The minimum atomic E-state index is -0.250. The van der Waals surface area contributed by atoms with E-state index < -0.39 is 0 Å². The van der Waals surface area contributed by atoms with Gasteiger partial charge in [-0.25, -0.2) is 9.97 Å². The first-order chi connectivity index (χ1) is 12.0. The lowest BCUT2D eigenvalue weighted by molar-refractivity contribution is -0.123. The van der Waals surface area contributed by atoms with Gasteiger partial charge in [-0.05, 0) is 46.2 Å². The predicted molar refractivity (Wildman–Crippen MR) is 96.9 cm³/mol. The number of rotatable bonds is 6. The molecule has 8 heteroatoms. The maximum atomic E-state index is 8.36. The fraction of sp³-hybridized carbons (Fsp3) is 0.647. The van der Waals surface area contributed by atoms with Crippen molar-refractivity contribution in [2.24, 2.45) is 0 Å². The Bertz CT molecular complexity index is 488. The summed E-state index contributed by atoms with van der Waals surface area (Å²) in [6.45, 7) is 9.39. The molecule has 0 saturated carbocycles. The lowest BCUT2D eigenvalue weighted by Crippen LogP contribution is -2.35. The van der Waals surface area contributed by atoms with Crippen molar-refractivity contribution >= 4 is 18.8 Å². The fourth-order valence-corrected chi connectivity index (χ4v) is 2.66. The molecule has 1 aliphatic rings. The largest absolute Gasteiger partial charge is 0.483 e. The summed E-state index contributed by atoms with van der Waals surface area (Å²) in [7, 11) is 0. The molecule has 1 saturated heterocycles. The van der Waals surface area contributed by atoms with Crippen LogP contribution in [0.5, 0.6) is 0 Å². The van der Waals surface area contributed by atoms with Crippen molar-refractivity contribution in [2.75, 3.05) is 25.0 Å². The molecular weight excluding hydrogens is 324 g/mol. The molecule has 0 spiro atoms. The second-order valence-corrected chi connectivity index (χ2v) is 5.72. The molecule has 0 aliphatic carbocycles. The average Bonchev–Trinajstić information content (AvgIpc) is 3.11. The summed E-state index contributed by atoms with van der Waals surface area (Å²) in [6, 6.07) is 0.576. The normalized spacial score (nSPS) is 14.4. The molecule has 1 aromatic heterocycles. The summed E-state index contributed by atoms with van der Waals surface area (Å²) in [4.78, 5) is 28.1. The molecule has 0 bridgehead atoms. The molecule has 8 nitrogen and oxygen atoms in total. The SMILES string of the molecule is CCCc1cnc(C)nc1NCC(C)N1CCCC1.O=CO.O=CO. The van der Waals surface area contributed by atoms with Crippen molar-refractivity contribution in [2.45, 2.75) is 52.5 Å². The van der Waals surface area contributed by atoms with Crippen LogP contribution < -0.4 is 5.32 Å². The van der Waals surface area contributed by atoms with Crippen LogP contribution >= 0.6 is 0 Å². The summed E-state index contributed by atoms with van der Waals surface area (Å²) >= 11 is 0. The van der Waals surface area contributed by atoms with Crippen molar-refractivity contribution in [1.29, 1.82) is 0 Å². The van der Waals surface area contributed by atoms with Gasteiger partial charge in [0.15, 0.2) is 0 Å². The van der Waals surface area contributed by atoms with E-state index in [0.717, 1.165) is 31.0 Å². The van der Waals surface area contributed by atoms with Crippen LogP contribution in [0.3, 0.4) is 0 Å². The summed E-state index contributed by atoms with van der Waals surface area (Å²) in [5, 5.41) is 17.3. The van der Waals surface area contributed by atoms with E-state index in [1.54, 1.807) is 0 Å². The minimum absolute atomic E-state index is 0.250.